The Kier molecular flexibility index (Phi) is 4.97. The summed E-state index contributed by atoms with van der Waals surface area (Å²) in [6.07, 6.45) is 2.05. The van der Waals surface area contributed by atoms with Gasteiger partial charge in [0, 0.05) is 21.4 Å². The second kappa shape index (κ2) is 7.13. The van der Waals surface area contributed by atoms with Crippen molar-refractivity contribution in [3.63, 3.8) is 0 Å². The van der Waals surface area contributed by atoms with E-state index in [0.29, 0.717) is 11.0 Å². The van der Waals surface area contributed by atoms with Gasteiger partial charge in [-0.05, 0) is 29.8 Å². The molecule has 0 saturated heterocycles. The van der Waals surface area contributed by atoms with Gasteiger partial charge in [0.1, 0.15) is 11.0 Å². The van der Waals surface area contributed by atoms with Crippen molar-refractivity contribution in [2.45, 2.75) is 11.4 Å². The van der Waals surface area contributed by atoms with Crippen molar-refractivity contribution in [2.24, 2.45) is 0 Å². The summed E-state index contributed by atoms with van der Waals surface area (Å²) in [5, 5.41) is 5.79. The minimum absolute atomic E-state index is 0.438. The zero-order chi connectivity index (χ0) is 15.4. The van der Waals surface area contributed by atoms with Gasteiger partial charge in [0.05, 0.1) is 6.54 Å². The minimum atomic E-state index is 0.438. The summed E-state index contributed by atoms with van der Waals surface area (Å²) in [5.41, 5.74) is 0.958. The number of halogens is 1. The number of aromatic nitrogens is 2. The Morgan fingerprint density at radius 3 is 2.68 bits per heavy atom. The van der Waals surface area contributed by atoms with Crippen LogP contribution in [0.2, 0.25) is 5.15 Å². The first-order chi connectivity index (χ1) is 10.7. The Morgan fingerprint density at radius 1 is 1.18 bits per heavy atom. The van der Waals surface area contributed by atoms with Gasteiger partial charge in [-0.2, -0.15) is 0 Å². The van der Waals surface area contributed by atoms with Crippen molar-refractivity contribution >= 4 is 40.5 Å². The minimum Gasteiger partial charge on any atom is -0.365 e. The average molecular weight is 348 g/mol. The topological polar surface area (TPSA) is 37.8 Å². The van der Waals surface area contributed by atoms with Crippen molar-refractivity contribution in [2.75, 3.05) is 11.6 Å². The van der Waals surface area contributed by atoms with E-state index in [2.05, 4.69) is 45.1 Å². The number of thiophene rings is 1. The smallest absolute Gasteiger partial charge is 0.163 e. The predicted octanol–water partition coefficient (Wildman–Crippen LogP) is 5.19. The van der Waals surface area contributed by atoms with E-state index in [0.717, 1.165) is 17.9 Å². The SMILES string of the molecule is CSc1ccc(-c2nc(Cl)cc(NCc3cccs3)n2)cc1. The number of nitrogens with one attached hydrogen (secondary N) is 1. The van der Waals surface area contributed by atoms with E-state index in [-0.39, 0.29) is 0 Å². The van der Waals surface area contributed by atoms with Gasteiger partial charge >= 0.3 is 0 Å². The maximum atomic E-state index is 6.13. The molecule has 112 valence electrons. The molecule has 0 fully saturated rings. The first-order valence-electron chi connectivity index (χ1n) is 6.70. The van der Waals surface area contributed by atoms with Gasteiger partial charge in [0.25, 0.3) is 0 Å². The van der Waals surface area contributed by atoms with E-state index < -0.39 is 0 Å². The van der Waals surface area contributed by atoms with Crippen molar-refractivity contribution in [3.8, 4) is 11.4 Å². The van der Waals surface area contributed by atoms with Crippen LogP contribution < -0.4 is 5.32 Å². The van der Waals surface area contributed by atoms with Crippen LogP contribution in [0, 0.1) is 0 Å². The van der Waals surface area contributed by atoms with Crippen LogP contribution in [-0.2, 0) is 6.54 Å². The molecule has 2 heterocycles. The lowest BCUT2D eigenvalue weighted by molar-refractivity contribution is 1.10. The average Bonchev–Trinajstić information content (AvgIpc) is 3.06. The molecule has 0 aliphatic rings. The highest BCUT2D eigenvalue weighted by atomic mass is 35.5. The molecule has 0 radical (unpaired) electrons. The monoisotopic (exact) mass is 347 g/mol. The normalized spacial score (nSPS) is 10.6. The standard InChI is InChI=1S/C16H14ClN3S2/c1-21-12-6-4-11(5-7-12)16-19-14(17)9-15(20-16)18-10-13-3-2-8-22-13/h2-9H,10H2,1H3,(H,18,19,20). The van der Waals surface area contributed by atoms with Crippen LogP contribution in [0.25, 0.3) is 11.4 Å². The molecule has 0 unspecified atom stereocenters. The van der Waals surface area contributed by atoms with Gasteiger partial charge in [0.2, 0.25) is 0 Å². The second-order valence-electron chi connectivity index (χ2n) is 4.56. The number of rotatable bonds is 5. The largest absolute Gasteiger partial charge is 0.365 e. The lowest BCUT2D eigenvalue weighted by atomic mass is 10.2. The second-order valence-corrected chi connectivity index (χ2v) is 6.86. The quantitative estimate of drug-likeness (QED) is 0.509. The highest BCUT2D eigenvalue weighted by Crippen LogP contribution is 2.23. The van der Waals surface area contributed by atoms with Gasteiger partial charge in [0.15, 0.2) is 5.82 Å². The van der Waals surface area contributed by atoms with E-state index in [9.17, 15) is 0 Å². The Bertz CT molecular complexity index is 743. The summed E-state index contributed by atoms with van der Waals surface area (Å²) in [6.45, 7) is 0.732. The highest BCUT2D eigenvalue weighted by Gasteiger charge is 2.06. The van der Waals surface area contributed by atoms with Crippen LogP contribution in [0.1, 0.15) is 4.88 Å². The Balaban J connectivity index is 1.82. The summed E-state index contributed by atoms with van der Waals surface area (Å²) in [6, 6.07) is 14.0. The van der Waals surface area contributed by atoms with Gasteiger partial charge in [-0.25, -0.2) is 9.97 Å². The highest BCUT2D eigenvalue weighted by molar-refractivity contribution is 7.98. The number of benzene rings is 1. The molecule has 6 heteroatoms. The molecule has 1 N–H and O–H groups in total. The Labute approximate surface area is 142 Å². The summed E-state index contributed by atoms with van der Waals surface area (Å²) >= 11 is 9.54. The third kappa shape index (κ3) is 3.80. The van der Waals surface area contributed by atoms with Crippen LogP contribution in [0.4, 0.5) is 5.82 Å². The number of thioether (sulfide) groups is 1. The maximum absolute atomic E-state index is 6.13. The van der Waals surface area contributed by atoms with Gasteiger partial charge < -0.3 is 5.32 Å². The van der Waals surface area contributed by atoms with Crippen LogP contribution in [0.5, 0.6) is 0 Å². The van der Waals surface area contributed by atoms with Crippen LogP contribution in [-0.4, -0.2) is 16.2 Å². The molecule has 2 aromatic heterocycles. The lowest BCUT2D eigenvalue weighted by Gasteiger charge is -2.07. The fourth-order valence-corrected chi connectivity index (χ4v) is 3.20. The number of nitrogens with zero attached hydrogens (tertiary/aromatic N) is 2. The van der Waals surface area contributed by atoms with E-state index in [4.69, 9.17) is 11.6 Å². The van der Waals surface area contributed by atoms with Gasteiger partial charge in [-0.3, -0.25) is 0 Å². The molecule has 0 spiro atoms. The molecule has 0 atom stereocenters. The van der Waals surface area contributed by atoms with E-state index >= 15 is 0 Å². The Morgan fingerprint density at radius 2 is 2.00 bits per heavy atom. The predicted molar refractivity (Wildman–Crippen MR) is 95.9 cm³/mol. The molecule has 3 nitrogen and oxygen atoms in total. The molecule has 3 aromatic rings. The number of anilines is 1. The summed E-state index contributed by atoms with van der Waals surface area (Å²) in [5.74, 6) is 1.37. The van der Waals surface area contributed by atoms with Crippen molar-refractivity contribution in [1.29, 1.82) is 0 Å². The fourth-order valence-electron chi connectivity index (χ4n) is 1.97. The fraction of sp³-hybridized carbons (Fsp3) is 0.125. The van der Waals surface area contributed by atoms with Gasteiger partial charge in [-0.1, -0.05) is 29.8 Å². The van der Waals surface area contributed by atoms with Crippen molar-refractivity contribution in [1.82, 2.24) is 9.97 Å². The molecule has 0 aliphatic carbocycles. The van der Waals surface area contributed by atoms with Crippen LogP contribution in [0.15, 0.2) is 52.7 Å². The van der Waals surface area contributed by atoms with Crippen LogP contribution >= 0.6 is 34.7 Å². The molecular formula is C16H14ClN3S2. The first kappa shape index (κ1) is 15.3. The first-order valence-corrected chi connectivity index (χ1v) is 9.18. The zero-order valence-electron chi connectivity index (χ0n) is 11.9. The molecular weight excluding hydrogens is 334 g/mol. The zero-order valence-corrected chi connectivity index (χ0v) is 14.3. The summed E-state index contributed by atoms with van der Waals surface area (Å²) < 4.78 is 0. The summed E-state index contributed by atoms with van der Waals surface area (Å²) in [4.78, 5) is 11.3. The Hall–Kier alpha value is -1.56. The molecule has 22 heavy (non-hydrogen) atoms. The number of hydrogen-bond acceptors (Lipinski definition) is 5. The third-order valence-electron chi connectivity index (χ3n) is 3.07. The molecule has 0 saturated carbocycles. The lowest BCUT2D eigenvalue weighted by Crippen LogP contribution is -2.02. The van der Waals surface area contributed by atoms with E-state index in [1.165, 1.54) is 9.77 Å². The molecule has 0 aliphatic heterocycles. The molecule has 0 amide bonds. The number of hydrogen-bond donors (Lipinski definition) is 1. The molecule has 1 aromatic carbocycles. The maximum Gasteiger partial charge on any atom is 0.163 e. The van der Waals surface area contributed by atoms with Crippen molar-refractivity contribution < 1.29 is 0 Å². The van der Waals surface area contributed by atoms with Crippen LogP contribution in [0.3, 0.4) is 0 Å². The summed E-state index contributed by atoms with van der Waals surface area (Å²) in [7, 11) is 0. The van der Waals surface area contributed by atoms with E-state index in [1.54, 1.807) is 29.2 Å². The molecule has 3 rings (SSSR count). The molecule has 0 bridgehead atoms. The van der Waals surface area contributed by atoms with E-state index in [1.807, 2.05) is 18.2 Å². The van der Waals surface area contributed by atoms with Gasteiger partial charge in [-0.15, -0.1) is 23.1 Å². The van der Waals surface area contributed by atoms with Crippen molar-refractivity contribution in [3.05, 3.63) is 57.9 Å². The third-order valence-corrected chi connectivity index (χ3v) is 4.88.